The normalized spacial score (nSPS) is 13.1. The minimum absolute atomic E-state index is 0.0203. The first kappa shape index (κ1) is 22.2. The molecule has 0 unspecified atom stereocenters. The van der Waals surface area contributed by atoms with E-state index in [0.29, 0.717) is 29.4 Å². The Balaban J connectivity index is 1.72. The van der Waals surface area contributed by atoms with Gasteiger partial charge in [0.05, 0.1) is 34.0 Å². The topological polar surface area (TPSA) is 75.7 Å². The molecule has 4 rings (SSSR count). The van der Waals surface area contributed by atoms with Crippen LogP contribution < -0.4 is 14.4 Å². The molecule has 0 saturated heterocycles. The third-order valence-electron chi connectivity index (χ3n) is 5.52. The summed E-state index contributed by atoms with van der Waals surface area (Å²) in [5.74, 6) is -0.237. The molecule has 0 fully saturated rings. The SMILES string of the molecule is COc1ccc(S(=O)(=O)N2CCc3ccccc32)cc1C(=O)Nc1c(C)cc(C)cc1Cl. The first-order chi connectivity index (χ1) is 15.2. The molecule has 1 N–H and O–H groups in total. The molecule has 0 bridgehead atoms. The fourth-order valence-corrected chi connectivity index (χ4v) is 5.86. The van der Waals surface area contributed by atoms with Crippen LogP contribution in [-0.2, 0) is 16.4 Å². The lowest BCUT2D eigenvalue weighted by Crippen LogP contribution is -2.29. The summed E-state index contributed by atoms with van der Waals surface area (Å²) in [5, 5.41) is 3.21. The summed E-state index contributed by atoms with van der Waals surface area (Å²) >= 11 is 6.33. The summed E-state index contributed by atoms with van der Waals surface area (Å²) in [6.45, 7) is 4.11. The molecule has 1 aliphatic rings. The highest BCUT2D eigenvalue weighted by Crippen LogP contribution is 2.34. The van der Waals surface area contributed by atoms with Crippen molar-refractivity contribution in [1.29, 1.82) is 0 Å². The highest BCUT2D eigenvalue weighted by Gasteiger charge is 2.31. The third-order valence-corrected chi connectivity index (χ3v) is 7.63. The van der Waals surface area contributed by atoms with Gasteiger partial charge in [-0.05, 0) is 67.3 Å². The smallest absolute Gasteiger partial charge is 0.264 e. The average molecular weight is 471 g/mol. The fraction of sp³-hybridized carbons (Fsp3) is 0.208. The van der Waals surface area contributed by atoms with Gasteiger partial charge in [-0.25, -0.2) is 8.42 Å². The number of carbonyl (C=O) groups excluding carboxylic acids is 1. The van der Waals surface area contributed by atoms with Crippen molar-refractivity contribution in [2.24, 2.45) is 0 Å². The Morgan fingerprint density at radius 3 is 2.56 bits per heavy atom. The molecule has 0 aromatic heterocycles. The van der Waals surface area contributed by atoms with Crippen molar-refractivity contribution in [2.75, 3.05) is 23.3 Å². The molecule has 6 nitrogen and oxygen atoms in total. The zero-order valence-corrected chi connectivity index (χ0v) is 19.5. The number of carbonyl (C=O) groups is 1. The number of rotatable bonds is 5. The molecule has 1 amide bonds. The van der Waals surface area contributed by atoms with Crippen LogP contribution in [0.1, 0.15) is 27.0 Å². The number of nitrogens with one attached hydrogen (secondary N) is 1. The van der Waals surface area contributed by atoms with E-state index in [4.69, 9.17) is 16.3 Å². The van der Waals surface area contributed by atoms with Crippen LogP contribution in [-0.4, -0.2) is 28.0 Å². The molecule has 0 atom stereocenters. The van der Waals surface area contributed by atoms with E-state index >= 15 is 0 Å². The Labute approximate surface area is 192 Å². The Hall–Kier alpha value is -3.03. The number of benzene rings is 3. The Morgan fingerprint density at radius 2 is 1.84 bits per heavy atom. The fourth-order valence-electron chi connectivity index (χ4n) is 3.96. The largest absolute Gasteiger partial charge is 0.496 e. The van der Waals surface area contributed by atoms with E-state index in [1.165, 1.54) is 29.6 Å². The van der Waals surface area contributed by atoms with Crippen molar-refractivity contribution < 1.29 is 17.9 Å². The Bertz CT molecular complexity index is 1300. The lowest BCUT2D eigenvalue weighted by atomic mass is 10.1. The molecule has 1 heterocycles. The Kier molecular flexibility index (Phi) is 5.88. The molecule has 3 aromatic carbocycles. The van der Waals surface area contributed by atoms with Crippen LogP contribution in [0.4, 0.5) is 11.4 Å². The van der Waals surface area contributed by atoms with Crippen LogP contribution in [0.5, 0.6) is 5.75 Å². The second-order valence-corrected chi connectivity index (χ2v) is 9.98. The molecule has 166 valence electrons. The second kappa shape index (κ2) is 8.48. The Morgan fingerprint density at radius 1 is 1.09 bits per heavy atom. The van der Waals surface area contributed by atoms with Crippen LogP contribution in [0.15, 0.2) is 59.5 Å². The van der Waals surface area contributed by atoms with Crippen LogP contribution in [0.25, 0.3) is 0 Å². The number of anilines is 2. The molecule has 3 aromatic rings. The lowest BCUT2D eigenvalue weighted by molar-refractivity contribution is 0.102. The molecule has 32 heavy (non-hydrogen) atoms. The minimum atomic E-state index is -3.86. The molecule has 0 saturated carbocycles. The maximum Gasteiger partial charge on any atom is 0.264 e. The van der Waals surface area contributed by atoms with Crippen molar-refractivity contribution in [3.05, 3.63) is 81.9 Å². The van der Waals surface area contributed by atoms with Gasteiger partial charge in [-0.3, -0.25) is 9.10 Å². The molecular formula is C24H23ClN2O4S. The number of hydrogen-bond acceptors (Lipinski definition) is 4. The van der Waals surface area contributed by atoms with Gasteiger partial charge in [0.1, 0.15) is 5.75 Å². The number of fused-ring (bicyclic) bond motifs is 1. The van der Waals surface area contributed by atoms with Crippen molar-refractivity contribution in [3.63, 3.8) is 0 Å². The average Bonchev–Trinajstić information content (AvgIpc) is 3.20. The predicted octanol–water partition coefficient (Wildman–Crippen LogP) is 4.97. The van der Waals surface area contributed by atoms with Gasteiger partial charge in [0.25, 0.3) is 15.9 Å². The van der Waals surface area contributed by atoms with Gasteiger partial charge in [0.2, 0.25) is 0 Å². The number of halogens is 1. The van der Waals surface area contributed by atoms with Gasteiger partial charge >= 0.3 is 0 Å². The number of amides is 1. The van der Waals surface area contributed by atoms with E-state index < -0.39 is 15.9 Å². The van der Waals surface area contributed by atoms with Gasteiger partial charge in [-0.2, -0.15) is 0 Å². The van der Waals surface area contributed by atoms with E-state index in [1.807, 2.05) is 38.1 Å². The third kappa shape index (κ3) is 3.94. The molecule has 1 aliphatic heterocycles. The van der Waals surface area contributed by atoms with Crippen molar-refractivity contribution in [3.8, 4) is 5.75 Å². The summed E-state index contributed by atoms with van der Waals surface area (Å²) in [7, 11) is -2.42. The van der Waals surface area contributed by atoms with Gasteiger partial charge in [-0.15, -0.1) is 0 Å². The first-order valence-electron chi connectivity index (χ1n) is 10.1. The molecule has 0 aliphatic carbocycles. The number of methoxy groups -OCH3 is 1. The van der Waals surface area contributed by atoms with Crippen LogP contribution in [0.2, 0.25) is 5.02 Å². The summed E-state index contributed by atoms with van der Waals surface area (Å²) in [6.07, 6.45) is 0.643. The second-order valence-electron chi connectivity index (χ2n) is 7.71. The maximum absolute atomic E-state index is 13.4. The monoisotopic (exact) mass is 470 g/mol. The predicted molar refractivity (Wildman–Crippen MR) is 127 cm³/mol. The van der Waals surface area contributed by atoms with Gasteiger partial charge in [0, 0.05) is 6.54 Å². The van der Waals surface area contributed by atoms with E-state index in [-0.39, 0.29) is 16.2 Å². The highest BCUT2D eigenvalue weighted by atomic mass is 35.5. The number of aryl methyl sites for hydroxylation is 2. The van der Waals surface area contributed by atoms with Crippen molar-refractivity contribution in [2.45, 2.75) is 25.2 Å². The lowest BCUT2D eigenvalue weighted by Gasteiger charge is -2.20. The number of sulfonamides is 1. The van der Waals surface area contributed by atoms with Gasteiger partial charge in [0.15, 0.2) is 0 Å². The molecule has 8 heteroatoms. The van der Waals surface area contributed by atoms with Gasteiger partial charge < -0.3 is 10.1 Å². The minimum Gasteiger partial charge on any atom is -0.496 e. The summed E-state index contributed by atoms with van der Waals surface area (Å²) in [4.78, 5) is 13.1. The highest BCUT2D eigenvalue weighted by molar-refractivity contribution is 7.92. The quantitative estimate of drug-likeness (QED) is 0.571. The summed E-state index contributed by atoms with van der Waals surface area (Å²) in [5.41, 5.74) is 4.01. The molecule has 0 spiro atoms. The molecule has 0 radical (unpaired) electrons. The van der Waals surface area contributed by atoms with E-state index in [1.54, 1.807) is 12.1 Å². The van der Waals surface area contributed by atoms with Crippen LogP contribution >= 0.6 is 11.6 Å². The van der Waals surface area contributed by atoms with Gasteiger partial charge in [-0.1, -0.05) is 35.9 Å². The van der Waals surface area contributed by atoms with E-state index in [9.17, 15) is 13.2 Å². The summed E-state index contributed by atoms with van der Waals surface area (Å²) < 4.78 is 33.5. The zero-order chi connectivity index (χ0) is 23.0. The van der Waals surface area contributed by atoms with Crippen LogP contribution in [0.3, 0.4) is 0 Å². The number of para-hydroxylation sites is 1. The van der Waals surface area contributed by atoms with Crippen LogP contribution in [0, 0.1) is 13.8 Å². The molecular weight excluding hydrogens is 448 g/mol. The maximum atomic E-state index is 13.4. The number of ether oxygens (including phenoxy) is 1. The standard InChI is InChI=1S/C24H23ClN2O4S/c1-15-12-16(2)23(20(25)13-15)26-24(28)19-14-18(8-9-22(19)31-3)32(29,30)27-11-10-17-6-4-5-7-21(17)27/h4-9,12-14H,10-11H2,1-3H3,(H,26,28). The summed E-state index contributed by atoms with van der Waals surface area (Å²) in [6, 6.07) is 15.4. The number of hydrogen-bond donors (Lipinski definition) is 1. The first-order valence-corrected chi connectivity index (χ1v) is 11.9. The van der Waals surface area contributed by atoms with Crippen molar-refractivity contribution in [1.82, 2.24) is 0 Å². The number of nitrogens with zero attached hydrogens (tertiary/aromatic N) is 1. The zero-order valence-electron chi connectivity index (χ0n) is 18.0. The van der Waals surface area contributed by atoms with E-state index in [2.05, 4.69) is 5.32 Å². The van der Waals surface area contributed by atoms with E-state index in [0.717, 1.165) is 16.7 Å². The van der Waals surface area contributed by atoms with Crippen molar-refractivity contribution >= 4 is 38.9 Å².